The molecule has 2 aromatic rings. The Labute approximate surface area is 118 Å². The minimum atomic E-state index is 0.678. The third kappa shape index (κ3) is 3.26. The van der Waals surface area contributed by atoms with E-state index in [1.165, 1.54) is 0 Å². The first-order valence-electron chi connectivity index (χ1n) is 6.18. The van der Waals surface area contributed by atoms with Crippen LogP contribution in [-0.2, 0) is 0 Å². The van der Waals surface area contributed by atoms with Gasteiger partial charge in [-0.05, 0) is 37.3 Å². The number of hydrogen-bond acceptors (Lipinski definition) is 5. The molecule has 0 radical (unpaired) electrons. The van der Waals surface area contributed by atoms with Crippen LogP contribution in [0, 0.1) is 0 Å². The van der Waals surface area contributed by atoms with Gasteiger partial charge in [0.1, 0.15) is 5.82 Å². The van der Waals surface area contributed by atoms with E-state index in [0.29, 0.717) is 17.3 Å². The van der Waals surface area contributed by atoms with Crippen LogP contribution in [0.2, 0.25) is 0 Å². The number of nitrogens with one attached hydrogen (secondary N) is 1. The Hall–Kier alpha value is -2.56. The van der Waals surface area contributed by atoms with Crippen LogP contribution in [0.25, 0.3) is 0 Å². The summed E-state index contributed by atoms with van der Waals surface area (Å²) in [5.74, 6) is 2.08. The summed E-state index contributed by atoms with van der Waals surface area (Å²) in [6.07, 6.45) is 1.71. The van der Waals surface area contributed by atoms with Crippen molar-refractivity contribution in [2.75, 3.05) is 19.6 Å². The highest BCUT2D eigenvalue weighted by molar-refractivity contribution is 5.99. The minimum absolute atomic E-state index is 0.678. The summed E-state index contributed by atoms with van der Waals surface area (Å²) < 4.78 is 10.5. The summed E-state index contributed by atoms with van der Waals surface area (Å²) >= 11 is 0. The fraction of sp³-hybridized carbons (Fsp3) is 0.200. The lowest BCUT2D eigenvalue weighted by Gasteiger charge is -2.09. The van der Waals surface area contributed by atoms with Crippen LogP contribution < -0.4 is 14.9 Å². The van der Waals surface area contributed by atoms with E-state index in [1.807, 2.05) is 43.3 Å². The fourth-order valence-electron chi connectivity index (χ4n) is 1.70. The van der Waals surface area contributed by atoms with Crippen molar-refractivity contribution in [3.63, 3.8) is 0 Å². The van der Waals surface area contributed by atoms with Crippen LogP contribution in [0.1, 0.15) is 12.5 Å². The highest BCUT2D eigenvalue weighted by Gasteiger charge is 2.06. The molecule has 0 bridgehead atoms. The third-order valence-corrected chi connectivity index (χ3v) is 2.80. The van der Waals surface area contributed by atoms with Gasteiger partial charge in [0.2, 0.25) is 0 Å². The zero-order valence-corrected chi connectivity index (χ0v) is 11.8. The number of methoxy groups -OCH3 is 2. The largest absolute Gasteiger partial charge is 0.493 e. The van der Waals surface area contributed by atoms with Crippen molar-refractivity contribution in [2.45, 2.75) is 6.92 Å². The van der Waals surface area contributed by atoms with E-state index in [-0.39, 0.29) is 0 Å². The number of benzene rings is 1. The lowest BCUT2D eigenvalue weighted by atomic mass is 10.1. The summed E-state index contributed by atoms with van der Waals surface area (Å²) in [6, 6.07) is 11.3. The molecule has 0 fully saturated rings. The Bertz CT molecular complexity index is 597. The van der Waals surface area contributed by atoms with Gasteiger partial charge in [0.25, 0.3) is 0 Å². The summed E-state index contributed by atoms with van der Waals surface area (Å²) in [5.41, 5.74) is 4.69. The van der Waals surface area contributed by atoms with Gasteiger partial charge in [0.15, 0.2) is 11.5 Å². The first kappa shape index (κ1) is 13.9. The minimum Gasteiger partial charge on any atom is -0.493 e. The van der Waals surface area contributed by atoms with E-state index in [1.54, 1.807) is 20.4 Å². The highest BCUT2D eigenvalue weighted by atomic mass is 16.5. The molecule has 0 saturated heterocycles. The summed E-state index contributed by atoms with van der Waals surface area (Å²) in [6.45, 7) is 1.91. The average Bonchev–Trinajstić information content (AvgIpc) is 2.52. The van der Waals surface area contributed by atoms with Gasteiger partial charge in [-0.2, -0.15) is 5.10 Å². The number of pyridine rings is 1. The van der Waals surface area contributed by atoms with E-state index in [4.69, 9.17) is 9.47 Å². The van der Waals surface area contributed by atoms with Gasteiger partial charge in [-0.3, -0.25) is 5.43 Å². The number of hydrogen-bond donors (Lipinski definition) is 1. The molecule has 0 aliphatic carbocycles. The molecule has 1 aromatic heterocycles. The number of aromatic nitrogens is 1. The second kappa shape index (κ2) is 6.56. The first-order valence-corrected chi connectivity index (χ1v) is 6.18. The lowest BCUT2D eigenvalue weighted by Crippen LogP contribution is -2.01. The molecule has 0 aliphatic rings. The van der Waals surface area contributed by atoms with E-state index in [0.717, 1.165) is 11.3 Å². The molecule has 0 amide bonds. The Morgan fingerprint density at radius 1 is 1.10 bits per heavy atom. The molecule has 0 aliphatic heterocycles. The van der Waals surface area contributed by atoms with Crippen molar-refractivity contribution in [3.8, 4) is 11.5 Å². The van der Waals surface area contributed by atoms with Crippen LogP contribution >= 0.6 is 0 Å². The number of nitrogens with zero attached hydrogens (tertiary/aromatic N) is 2. The Balaban J connectivity index is 2.18. The van der Waals surface area contributed by atoms with Crippen molar-refractivity contribution in [3.05, 3.63) is 48.2 Å². The van der Waals surface area contributed by atoms with Crippen LogP contribution in [-0.4, -0.2) is 24.9 Å². The second-order valence-corrected chi connectivity index (χ2v) is 4.09. The highest BCUT2D eigenvalue weighted by Crippen LogP contribution is 2.27. The standard InChI is InChI=1S/C15H17N3O2/c1-11(17-18-15-6-4-5-9-16-15)12-7-8-13(19-2)14(10-12)20-3/h4-10H,1-3H3,(H,16,18)/b17-11-. The van der Waals surface area contributed by atoms with Crippen LogP contribution in [0.4, 0.5) is 5.82 Å². The van der Waals surface area contributed by atoms with Crippen molar-refractivity contribution < 1.29 is 9.47 Å². The maximum absolute atomic E-state index is 5.28. The SMILES string of the molecule is COc1ccc(/C(C)=N\Nc2ccccn2)cc1OC. The first-order chi connectivity index (χ1) is 9.74. The Morgan fingerprint density at radius 2 is 1.90 bits per heavy atom. The molecule has 5 nitrogen and oxygen atoms in total. The van der Waals surface area contributed by atoms with Crippen molar-refractivity contribution in [1.29, 1.82) is 0 Å². The summed E-state index contributed by atoms with van der Waals surface area (Å²) in [7, 11) is 3.22. The normalized spacial score (nSPS) is 11.1. The van der Waals surface area contributed by atoms with Crippen molar-refractivity contribution >= 4 is 11.5 Å². The summed E-state index contributed by atoms with van der Waals surface area (Å²) in [5, 5.41) is 4.30. The van der Waals surface area contributed by atoms with Gasteiger partial charge in [-0.1, -0.05) is 6.07 Å². The van der Waals surface area contributed by atoms with E-state index in [9.17, 15) is 0 Å². The third-order valence-electron chi connectivity index (χ3n) is 2.80. The maximum Gasteiger partial charge on any atom is 0.161 e. The topological polar surface area (TPSA) is 55.7 Å². The lowest BCUT2D eigenvalue weighted by molar-refractivity contribution is 0.355. The molecule has 0 saturated carbocycles. The van der Waals surface area contributed by atoms with E-state index in [2.05, 4.69) is 15.5 Å². The molecule has 1 aromatic carbocycles. The molecule has 1 heterocycles. The number of hydrazone groups is 1. The fourth-order valence-corrected chi connectivity index (χ4v) is 1.70. The molecule has 104 valence electrons. The quantitative estimate of drug-likeness (QED) is 0.671. The van der Waals surface area contributed by atoms with Gasteiger partial charge < -0.3 is 9.47 Å². The van der Waals surface area contributed by atoms with E-state index < -0.39 is 0 Å². The maximum atomic E-state index is 5.28. The average molecular weight is 271 g/mol. The molecular formula is C15H17N3O2. The van der Waals surface area contributed by atoms with E-state index >= 15 is 0 Å². The molecule has 1 N–H and O–H groups in total. The second-order valence-electron chi connectivity index (χ2n) is 4.09. The molecular weight excluding hydrogens is 254 g/mol. The summed E-state index contributed by atoms with van der Waals surface area (Å²) in [4.78, 5) is 4.14. The van der Waals surface area contributed by atoms with Gasteiger partial charge in [-0.15, -0.1) is 0 Å². The van der Waals surface area contributed by atoms with Crippen molar-refractivity contribution in [1.82, 2.24) is 4.98 Å². The zero-order chi connectivity index (χ0) is 14.4. The predicted molar refractivity (Wildman–Crippen MR) is 79.6 cm³/mol. The predicted octanol–water partition coefficient (Wildman–Crippen LogP) is 2.93. The van der Waals surface area contributed by atoms with Gasteiger partial charge >= 0.3 is 0 Å². The van der Waals surface area contributed by atoms with Crippen molar-refractivity contribution in [2.24, 2.45) is 5.10 Å². The van der Waals surface area contributed by atoms with Gasteiger partial charge in [0, 0.05) is 11.8 Å². The monoisotopic (exact) mass is 271 g/mol. The van der Waals surface area contributed by atoms with Crippen LogP contribution in [0.3, 0.4) is 0 Å². The van der Waals surface area contributed by atoms with Gasteiger partial charge in [0.05, 0.1) is 19.9 Å². The molecule has 0 spiro atoms. The van der Waals surface area contributed by atoms with Crippen LogP contribution in [0.15, 0.2) is 47.7 Å². The number of rotatable bonds is 5. The Kier molecular flexibility index (Phi) is 4.55. The molecule has 0 atom stereocenters. The molecule has 5 heteroatoms. The molecule has 0 unspecified atom stereocenters. The smallest absolute Gasteiger partial charge is 0.161 e. The molecule has 20 heavy (non-hydrogen) atoms. The van der Waals surface area contributed by atoms with Gasteiger partial charge in [-0.25, -0.2) is 4.98 Å². The number of ether oxygens (including phenoxy) is 2. The Morgan fingerprint density at radius 3 is 2.55 bits per heavy atom. The molecule has 2 rings (SSSR count). The van der Waals surface area contributed by atoms with Crippen LogP contribution in [0.5, 0.6) is 11.5 Å². The zero-order valence-electron chi connectivity index (χ0n) is 11.8. The number of anilines is 1.